The van der Waals surface area contributed by atoms with Gasteiger partial charge in [0.05, 0.1) is 0 Å². The lowest BCUT2D eigenvalue weighted by Gasteiger charge is -2.09. The minimum atomic E-state index is 0.257. The molecule has 6 heteroatoms. The van der Waals surface area contributed by atoms with Crippen molar-refractivity contribution in [1.29, 1.82) is 0 Å². The zero-order valence-corrected chi connectivity index (χ0v) is 14.9. The Bertz CT molecular complexity index is 1060. The van der Waals surface area contributed by atoms with Gasteiger partial charge in [0, 0.05) is 47.0 Å². The molecule has 1 aromatic carbocycles. The molecule has 0 saturated heterocycles. The van der Waals surface area contributed by atoms with Crippen LogP contribution in [0.5, 0.6) is 5.75 Å². The largest absolute Gasteiger partial charge is 0.457 e. The van der Waals surface area contributed by atoms with Crippen LogP contribution in [-0.4, -0.2) is 15.0 Å². The summed E-state index contributed by atoms with van der Waals surface area (Å²) in [4.78, 5) is 12.5. The molecule has 0 spiro atoms. The molecule has 0 amide bonds. The summed E-state index contributed by atoms with van der Waals surface area (Å²) in [6.07, 6.45) is 12.2. The summed E-state index contributed by atoms with van der Waals surface area (Å²) >= 11 is 0. The minimum Gasteiger partial charge on any atom is -0.457 e. The highest BCUT2D eigenvalue weighted by Gasteiger charge is 2.07. The average Bonchev–Trinajstić information content (AvgIpc) is 2.86. The molecule has 27 heavy (non-hydrogen) atoms. The van der Waals surface area contributed by atoms with Crippen LogP contribution in [0, 0.1) is 6.92 Å². The monoisotopic (exact) mass is 357 g/mol. The van der Waals surface area contributed by atoms with Gasteiger partial charge in [0.15, 0.2) is 0 Å². The third-order valence-electron chi connectivity index (χ3n) is 4.10. The van der Waals surface area contributed by atoms with E-state index >= 15 is 0 Å². The number of hydrogen-bond acceptors (Lipinski definition) is 6. The Morgan fingerprint density at radius 3 is 2.96 bits per heavy atom. The van der Waals surface area contributed by atoms with E-state index in [1.807, 2.05) is 67.8 Å². The summed E-state index contributed by atoms with van der Waals surface area (Å²) < 4.78 is 6.11. The zero-order valence-electron chi connectivity index (χ0n) is 14.9. The number of benzene rings is 1. The van der Waals surface area contributed by atoms with Crippen LogP contribution in [0.25, 0.3) is 10.8 Å². The second kappa shape index (κ2) is 7.29. The predicted molar refractivity (Wildman–Crippen MR) is 107 cm³/mol. The van der Waals surface area contributed by atoms with Gasteiger partial charge in [-0.3, -0.25) is 4.98 Å². The van der Waals surface area contributed by atoms with Crippen molar-refractivity contribution in [2.75, 3.05) is 11.1 Å². The number of rotatable bonds is 4. The highest BCUT2D eigenvalue weighted by atomic mass is 16.5. The summed E-state index contributed by atoms with van der Waals surface area (Å²) in [5.74, 6) is 2.50. The summed E-state index contributed by atoms with van der Waals surface area (Å²) in [6, 6.07) is 9.75. The van der Waals surface area contributed by atoms with Gasteiger partial charge < -0.3 is 15.8 Å². The standard InChI is InChI=1S/C21H19N5O/c1-14-12-20(26-21(22)24-14)25-16-5-3-6-17(9-8-16)27-19-7-2-4-15-13-23-11-10-18(15)19/h2-4,6-13H,5H2,1H3,(H3,22,24,25,26). The Morgan fingerprint density at radius 2 is 2.07 bits per heavy atom. The molecule has 6 nitrogen and oxygen atoms in total. The van der Waals surface area contributed by atoms with Crippen LogP contribution in [0.1, 0.15) is 12.1 Å². The lowest BCUT2D eigenvalue weighted by molar-refractivity contribution is 0.450. The van der Waals surface area contributed by atoms with Crippen molar-refractivity contribution in [3.63, 3.8) is 0 Å². The first kappa shape index (κ1) is 16.8. The van der Waals surface area contributed by atoms with E-state index in [4.69, 9.17) is 10.5 Å². The number of nitrogens with two attached hydrogens (primary N) is 1. The van der Waals surface area contributed by atoms with Gasteiger partial charge >= 0.3 is 0 Å². The number of fused-ring (bicyclic) bond motifs is 1. The van der Waals surface area contributed by atoms with E-state index in [9.17, 15) is 0 Å². The molecule has 0 atom stereocenters. The predicted octanol–water partition coefficient (Wildman–Crippen LogP) is 4.13. The molecular formula is C21H19N5O. The van der Waals surface area contributed by atoms with E-state index in [0.717, 1.165) is 40.1 Å². The maximum absolute atomic E-state index is 6.11. The van der Waals surface area contributed by atoms with Crippen LogP contribution in [-0.2, 0) is 0 Å². The van der Waals surface area contributed by atoms with Crippen LogP contribution in [0.15, 0.2) is 78.5 Å². The van der Waals surface area contributed by atoms with E-state index in [-0.39, 0.29) is 5.95 Å². The Balaban J connectivity index is 1.56. The number of aromatic nitrogens is 3. The van der Waals surface area contributed by atoms with E-state index in [2.05, 4.69) is 20.3 Å². The van der Waals surface area contributed by atoms with Crippen molar-refractivity contribution < 1.29 is 4.74 Å². The second-order valence-corrected chi connectivity index (χ2v) is 6.20. The molecule has 2 aromatic heterocycles. The molecule has 0 saturated carbocycles. The number of anilines is 2. The summed E-state index contributed by atoms with van der Waals surface area (Å²) in [7, 11) is 0. The number of hydrogen-bond donors (Lipinski definition) is 2. The van der Waals surface area contributed by atoms with Crippen LogP contribution < -0.4 is 15.8 Å². The normalized spacial score (nSPS) is 13.7. The topological polar surface area (TPSA) is 86.0 Å². The first-order chi connectivity index (χ1) is 13.2. The second-order valence-electron chi connectivity index (χ2n) is 6.20. The van der Waals surface area contributed by atoms with Crippen molar-refractivity contribution in [3.05, 3.63) is 84.2 Å². The molecule has 4 rings (SSSR count). The van der Waals surface area contributed by atoms with E-state index in [1.165, 1.54) is 0 Å². The molecule has 2 heterocycles. The van der Waals surface area contributed by atoms with Crippen molar-refractivity contribution in [2.24, 2.45) is 0 Å². The van der Waals surface area contributed by atoms with E-state index < -0.39 is 0 Å². The van der Waals surface area contributed by atoms with E-state index in [1.54, 1.807) is 6.20 Å². The Labute approximate surface area is 157 Å². The van der Waals surface area contributed by atoms with Crippen molar-refractivity contribution >= 4 is 22.5 Å². The molecule has 1 aliphatic rings. The van der Waals surface area contributed by atoms with Gasteiger partial charge in [-0.2, -0.15) is 4.98 Å². The van der Waals surface area contributed by atoms with Crippen molar-refractivity contribution in [1.82, 2.24) is 15.0 Å². The molecule has 1 aliphatic carbocycles. The quantitative estimate of drug-likeness (QED) is 0.730. The van der Waals surface area contributed by atoms with Gasteiger partial charge in [-0.1, -0.05) is 18.2 Å². The Hall–Kier alpha value is -3.67. The molecule has 0 aliphatic heterocycles. The Morgan fingerprint density at radius 1 is 1.15 bits per heavy atom. The zero-order chi connectivity index (χ0) is 18.6. The smallest absolute Gasteiger partial charge is 0.222 e. The molecule has 0 fully saturated rings. The molecule has 0 bridgehead atoms. The van der Waals surface area contributed by atoms with Crippen LogP contribution in [0.4, 0.5) is 11.8 Å². The first-order valence-corrected chi connectivity index (χ1v) is 8.63. The number of nitrogens with zero attached hydrogens (tertiary/aromatic N) is 3. The first-order valence-electron chi connectivity index (χ1n) is 8.63. The molecular weight excluding hydrogens is 338 g/mol. The molecule has 3 N–H and O–H groups in total. The van der Waals surface area contributed by atoms with Gasteiger partial charge in [0.25, 0.3) is 0 Å². The van der Waals surface area contributed by atoms with Crippen LogP contribution >= 0.6 is 0 Å². The lowest BCUT2D eigenvalue weighted by atomic mass is 10.1. The average molecular weight is 357 g/mol. The van der Waals surface area contributed by atoms with Crippen molar-refractivity contribution in [3.8, 4) is 5.75 Å². The SMILES string of the molecule is Cc1cc(NC2=CC=C(Oc3cccc4cnccc34)C=CC2)nc(N)n1. The summed E-state index contributed by atoms with van der Waals surface area (Å²) in [5.41, 5.74) is 7.53. The third-order valence-corrected chi connectivity index (χ3v) is 4.10. The minimum absolute atomic E-state index is 0.257. The number of nitrogens with one attached hydrogen (secondary N) is 1. The van der Waals surface area contributed by atoms with Gasteiger partial charge in [-0.05, 0) is 37.3 Å². The van der Waals surface area contributed by atoms with Gasteiger partial charge in [-0.25, -0.2) is 4.98 Å². The fraction of sp³-hybridized carbons (Fsp3) is 0.0952. The highest BCUT2D eigenvalue weighted by Crippen LogP contribution is 2.27. The van der Waals surface area contributed by atoms with Gasteiger partial charge in [-0.15, -0.1) is 0 Å². The number of ether oxygens (including phenoxy) is 1. The highest BCUT2D eigenvalue weighted by molar-refractivity contribution is 5.87. The molecule has 3 aromatic rings. The summed E-state index contributed by atoms with van der Waals surface area (Å²) in [5, 5.41) is 5.36. The number of nitrogen functional groups attached to an aromatic ring is 1. The number of allylic oxidation sites excluding steroid dienone is 4. The van der Waals surface area contributed by atoms with E-state index in [0.29, 0.717) is 5.82 Å². The number of aryl methyl sites for hydroxylation is 1. The maximum Gasteiger partial charge on any atom is 0.222 e. The Kier molecular flexibility index (Phi) is 4.53. The van der Waals surface area contributed by atoms with Crippen LogP contribution in [0.3, 0.4) is 0 Å². The maximum atomic E-state index is 6.11. The molecule has 0 radical (unpaired) electrons. The third kappa shape index (κ3) is 3.95. The number of pyridine rings is 1. The fourth-order valence-electron chi connectivity index (χ4n) is 2.90. The summed E-state index contributed by atoms with van der Waals surface area (Å²) in [6.45, 7) is 1.89. The molecule has 134 valence electrons. The van der Waals surface area contributed by atoms with Crippen molar-refractivity contribution in [2.45, 2.75) is 13.3 Å². The van der Waals surface area contributed by atoms with Gasteiger partial charge in [0.2, 0.25) is 5.95 Å². The van der Waals surface area contributed by atoms with Crippen LogP contribution in [0.2, 0.25) is 0 Å². The molecule has 0 unspecified atom stereocenters. The lowest BCUT2D eigenvalue weighted by Crippen LogP contribution is -2.04. The fourth-order valence-corrected chi connectivity index (χ4v) is 2.90. The van der Waals surface area contributed by atoms with Gasteiger partial charge in [0.1, 0.15) is 17.3 Å².